The molecular formula is C14H16O3. The highest BCUT2D eigenvalue weighted by Crippen LogP contribution is 2.12. The number of hydrogen-bond acceptors (Lipinski definition) is 3. The highest BCUT2D eigenvalue weighted by molar-refractivity contribution is 6.02. The molecule has 0 unspecified atom stereocenters. The molecule has 0 atom stereocenters. The maximum atomic E-state index is 11.6. The summed E-state index contributed by atoms with van der Waals surface area (Å²) in [5.74, 6) is 0.373. The molecule has 0 saturated carbocycles. The number of hydrogen-bond donors (Lipinski definition) is 0. The molecule has 0 N–H and O–H groups in total. The fraction of sp³-hybridized carbons (Fsp3) is 0.214. The van der Waals surface area contributed by atoms with Crippen LogP contribution >= 0.6 is 0 Å². The smallest absolute Gasteiger partial charge is 0.223 e. The molecule has 0 aromatic heterocycles. The van der Waals surface area contributed by atoms with Crippen LogP contribution in [-0.2, 0) is 20.9 Å². The molecule has 0 amide bonds. The van der Waals surface area contributed by atoms with E-state index in [1.807, 2.05) is 30.3 Å². The molecular weight excluding hydrogens is 216 g/mol. The van der Waals surface area contributed by atoms with Gasteiger partial charge in [-0.3, -0.25) is 4.79 Å². The van der Waals surface area contributed by atoms with Crippen molar-refractivity contribution in [2.24, 2.45) is 0 Å². The summed E-state index contributed by atoms with van der Waals surface area (Å²) in [6.45, 7) is 5.45. The minimum absolute atomic E-state index is 0.200. The molecule has 0 aliphatic rings. The summed E-state index contributed by atoms with van der Waals surface area (Å²) in [6.07, 6.45) is 1.21. The molecule has 17 heavy (non-hydrogen) atoms. The van der Waals surface area contributed by atoms with E-state index in [1.165, 1.54) is 13.2 Å². The SMILES string of the molecule is C=CC(=O)/C(OCc1ccccc1)=C(/C)OC. The molecule has 0 saturated heterocycles. The summed E-state index contributed by atoms with van der Waals surface area (Å²) in [5.41, 5.74) is 0.991. The van der Waals surface area contributed by atoms with E-state index in [0.29, 0.717) is 12.4 Å². The van der Waals surface area contributed by atoms with Crippen LogP contribution in [0.2, 0.25) is 0 Å². The van der Waals surface area contributed by atoms with E-state index in [0.717, 1.165) is 5.56 Å². The van der Waals surface area contributed by atoms with Gasteiger partial charge in [0.1, 0.15) is 12.4 Å². The lowest BCUT2D eigenvalue weighted by Gasteiger charge is -2.10. The Hall–Kier alpha value is -2.03. The van der Waals surface area contributed by atoms with Crippen LogP contribution in [0, 0.1) is 0 Å². The van der Waals surface area contributed by atoms with Crippen molar-refractivity contribution in [1.29, 1.82) is 0 Å². The first kappa shape index (κ1) is 13.0. The third kappa shape index (κ3) is 3.79. The Morgan fingerprint density at radius 3 is 2.53 bits per heavy atom. The molecule has 3 nitrogen and oxygen atoms in total. The van der Waals surface area contributed by atoms with Gasteiger partial charge in [-0.2, -0.15) is 0 Å². The second-order valence-electron chi connectivity index (χ2n) is 3.43. The van der Waals surface area contributed by atoms with Gasteiger partial charge in [-0.1, -0.05) is 36.9 Å². The molecule has 0 aliphatic carbocycles. The average Bonchev–Trinajstić information content (AvgIpc) is 2.39. The number of ketones is 1. The van der Waals surface area contributed by atoms with Crippen LogP contribution in [-0.4, -0.2) is 12.9 Å². The zero-order chi connectivity index (χ0) is 12.7. The summed E-state index contributed by atoms with van der Waals surface area (Å²) < 4.78 is 10.5. The lowest BCUT2D eigenvalue weighted by molar-refractivity contribution is -0.115. The minimum Gasteiger partial charge on any atom is -0.497 e. The molecule has 0 spiro atoms. The highest BCUT2D eigenvalue weighted by atomic mass is 16.5. The van der Waals surface area contributed by atoms with Gasteiger partial charge in [0.05, 0.1) is 7.11 Å². The molecule has 0 bridgehead atoms. The number of ether oxygens (including phenoxy) is 2. The van der Waals surface area contributed by atoms with Crippen molar-refractivity contribution in [3.05, 3.63) is 60.1 Å². The second-order valence-corrected chi connectivity index (χ2v) is 3.43. The lowest BCUT2D eigenvalue weighted by atomic mass is 10.2. The largest absolute Gasteiger partial charge is 0.497 e. The predicted octanol–water partition coefficient (Wildman–Crippen LogP) is 2.84. The molecule has 1 aromatic carbocycles. The summed E-state index contributed by atoms with van der Waals surface area (Å²) in [4.78, 5) is 11.6. The minimum atomic E-state index is -0.278. The van der Waals surface area contributed by atoms with E-state index in [1.54, 1.807) is 6.92 Å². The van der Waals surface area contributed by atoms with Gasteiger partial charge < -0.3 is 9.47 Å². The number of allylic oxidation sites excluding steroid dienone is 2. The summed E-state index contributed by atoms with van der Waals surface area (Å²) in [5, 5.41) is 0. The van der Waals surface area contributed by atoms with Gasteiger partial charge in [-0.05, 0) is 18.6 Å². The van der Waals surface area contributed by atoms with Crippen molar-refractivity contribution in [1.82, 2.24) is 0 Å². The Kier molecular flexibility index (Phi) is 5.01. The second kappa shape index (κ2) is 6.53. The van der Waals surface area contributed by atoms with Crippen LogP contribution in [0.1, 0.15) is 12.5 Å². The van der Waals surface area contributed by atoms with Gasteiger partial charge >= 0.3 is 0 Å². The van der Waals surface area contributed by atoms with Crippen molar-refractivity contribution < 1.29 is 14.3 Å². The number of carbonyl (C=O) groups excluding carboxylic acids is 1. The Bertz CT molecular complexity index is 418. The van der Waals surface area contributed by atoms with E-state index in [9.17, 15) is 4.79 Å². The fourth-order valence-corrected chi connectivity index (χ4v) is 1.26. The number of methoxy groups -OCH3 is 1. The van der Waals surface area contributed by atoms with Crippen molar-refractivity contribution in [2.75, 3.05) is 7.11 Å². The van der Waals surface area contributed by atoms with Crippen LogP contribution < -0.4 is 0 Å². The van der Waals surface area contributed by atoms with E-state index < -0.39 is 0 Å². The van der Waals surface area contributed by atoms with Crippen molar-refractivity contribution in [2.45, 2.75) is 13.5 Å². The average molecular weight is 232 g/mol. The van der Waals surface area contributed by atoms with E-state index >= 15 is 0 Å². The van der Waals surface area contributed by atoms with Gasteiger partial charge in [0, 0.05) is 0 Å². The molecule has 3 heteroatoms. The standard InChI is InChI=1S/C14H16O3/c1-4-13(15)14(11(2)16-3)17-10-12-8-6-5-7-9-12/h4-9H,1,10H2,2-3H3/b14-11+. The first-order valence-electron chi connectivity index (χ1n) is 5.27. The Morgan fingerprint density at radius 1 is 1.35 bits per heavy atom. The predicted molar refractivity (Wildman–Crippen MR) is 66.1 cm³/mol. The number of benzene rings is 1. The van der Waals surface area contributed by atoms with E-state index in [4.69, 9.17) is 9.47 Å². The zero-order valence-corrected chi connectivity index (χ0v) is 10.1. The molecule has 90 valence electrons. The molecule has 0 aliphatic heterocycles. The molecule has 1 aromatic rings. The van der Waals surface area contributed by atoms with Gasteiger partial charge in [-0.15, -0.1) is 0 Å². The maximum absolute atomic E-state index is 11.6. The monoisotopic (exact) mass is 232 g/mol. The van der Waals surface area contributed by atoms with Crippen LogP contribution in [0.4, 0.5) is 0 Å². The molecule has 0 heterocycles. The quantitative estimate of drug-likeness (QED) is 0.559. The van der Waals surface area contributed by atoms with Gasteiger partial charge in [0.2, 0.25) is 11.5 Å². The van der Waals surface area contributed by atoms with Gasteiger partial charge in [0.25, 0.3) is 0 Å². The highest BCUT2D eigenvalue weighted by Gasteiger charge is 2.12. The topological polar surface area (TPSA) is 35.5 Å². The van der Waals surface area contributed by atoms with E-state index in [2.05, 4.69) is 6.58 Å². The first-order valence-corrected chi connectivity index (χ1v) is 5.27. The van der Waals surface area contributed by atoms with Crippen molar-refractivity contribution in [3.63, 3.8) is 0 Å². The third-order valence-electron chi connectivity index (χ3n) is 2.26. The van der Waals surface area contributed by atoms with E-state index in [-0.39, 0.29) is 11.5 Å². The van der Waals surface area contributed by atoms with Crippen LogP contribution in [0.3, 0.4) is 0 Å². The zero-order valence-electron chi connectivity index (χ0n) is 10.1. The molecule has 0 fully saturated rings. The van der Waals surface area contributed by atoms with Crippen molar-refractivity contribution >= 4 is 5.78 Å². The lowest BCUT2D eigenvalue weighted by Crippen LogP contribution is -2.07. The maximum Gasteiger partial charge on any atom is 0.223 e. The van der Waals surface area contributed by atoms with Gasteiger partial charge in [-0.25, -0.2) is 0 Å². The molecule has 0 radical (unpaired) electrons. The summed E-state index contributed by atoms with van der Waals surface area (Å²) in [6, 6.07) is 9.62. The first-order chi connectivity index (χ1) is 8.19. The summed E-state index contributed by atoms with van der Waals surface area (Å²) >= 11 is 0. The summed E-state index contributed by atoms with van der Waals surface area (Å²) in [7, 11) is 1.50. The normalized spacial score (nSPS) is 11.4. The Labute approximate surface area is 101 Å². The van der Waals surface area contributed by atoms with Crippen LogP contribution in [0.15, 0.2) is 54.5 Å². The molecule has 1 rings (SSSR count). The Morgan fingerprint density at radius 2 is 2.00 bits per heavy atom. The number of carbonyl (C=O) groups is 1. The third-order valence-corrected chi connectivity index (χ3v) is 2.26. The fourth-order valence-electron chi connectivity index (χ4n) is 1.26. The van der Waals surface area contributed by atoms with Crippen LogP contribution in [0.25, 0.3) is 0 Å². The van der Waals surface area contributed by atoms with Gasteiger partial charge in [0.15, 0.2) is 0 Å². The Balaban J connectivity index is 2.76. The van der Waals surface area contributed by atoms with Crippen LogP contribution in [0.5, 0.6) is 0 Å². The van der Waals surface area contributed by atoms with Crippen molar-refractivity contribution in [3.8, 4) is 0 Å². The number of rotatable bonds is 6.